The Morgan fingerprint density at radius 3 is 2.77 bits per heavy atom. The molecule has 0 radical (unpaired) electrons. The van der Waals surface area contributed by atoms with Crippen molar-refractivity contribution >= 4 is 11.6 Å². The van der Waals surface area contributed by atoms with E-state index in [1.165, 1.54) is 0 Å². The highest BCUT2D eigenvalue weighted by Crippen LogP contribution is 2.29. The molecule has 3 N–H and O–H groups in total. The molecule has 2 nitrogen and oxygen atoms in total. The first-order valence-electron chi connectivity index (χ1n) is 4.34. The van der Waals surface area contributed by atoms with E-state index in [0.717, 1.165) is 24.0 Å². The SMILES string of the molecule is Cc1ccc(O)c(CCCN)c1Cl. The van der Waals surface area contributed by atoms with E-state index in [0.29, 0.717) is 11.6 Å². The van der Waals surface area contributed by atoms with Crippen molar-refractivity contribution in [2.45, 2.75) is 19.8 Å². The van der Waals surface area contributed by atoms with E-state index < -0.39 is 0 Å². The molecule has 1 aromatic rings. The smallest absolute Gasteiger partial charge is 0.120 e. The fourth-order valence-electron chi connectivity index (χ4n) is 1.24. The third-order valence-electron chi connectivity index (χ3n) is 2.04. The second kappa shape index (κ2) is 4.49. The highest BCUT2D eigenvalue weighted by Gasteiger charge is 2.07. The zero-order valence-electron chi connectivity index (χ0n) is 7.68. The third kappa shape index (κ3) is 2.36. The Kier molecular flexibility index (Phi) is 3.58. The van der Waals surface area contributed by atoms with E-state index in [9.17, 15) is 5.11 Å². The van der Waals surface area contributed by atoms with Gasteiger partial charge in [-0.3, -0.25) is 0 Å². The Labute approximate surface area is 83.3 Å². The summed E-state index contributed by atoms with van der Waals surface area (Å²) in [7, 11) is 0. The average molecular weight is 200 g/mol. The number of nitrogens with two attached hydrogens (primary N) is 1. The number of phenols is 1. The molecule has 0 saturated heterocycles. The number of rotatable bonds is 3. The Morgan fingerprint density at radius 2 is 2.15 bits per heavy atom. The average Bonchev–Trinajstić information content (AvgIpc) is 2.12. The number of benzene rings is 1. The number of aromatic hydroxyl groups is 1. The summed E-state index contributed by atoms with van der Waals surface area (Å²) in [4.78, 5) is 0. The van der Waals surface area contributed by atoms with Gasteiger partial charge < -0.3 is 10.8 Å². The molecule has 0 aliphatic carbocycles. The second-order valence-corrected chi connectivity index (χ2v) is 3.46. The van der Waals surface area contributed by atoms with E-state index in [1.54, 1.807) is 6.07 Å². The maximum Gasteiger partial charge on any atom is 0.120 e. The van der Waals surface area contributed by atoms with Crippen molar-refractivity contribution in [1.29, 1.82) is 0 Å². The van der Waals surface area contributed by atoms with Crippen LogP contribution in [0.5, 0.6) is 5.75 Å². The van der Waals surface area contributed by atoms with Gasteiger partial charge in [-0.1, -0.05) is 17.7 Å². The van der Waals surface area contributed by atoms with Crippen molar-refractivity contribution < 1.29 is 5.11 Å². The van der Waals surface area contributed by atoms with E-state index in [1.807, 2.05) is 13.0 Å². The molecule has 13 heavy (non-hydrogen) atoms. The number of phenolic OH excluding ortho intramolecular Hbond substituents is 1. The standard InChI is InChI=1S/C10H14ClNO/c1-7-4-5-9(13)8(10(7)11)3-2-6-12/h4-5,13H,2-3,6,12H2,1H3. The molecule has 72 valence electrons. The third-order valence-corrected chi connectivity index (χ3v) is 2.57. The summed E-state index contributed by atoms with van der Waals surface area (Å²) in [5.41, 5.74) is 7.19. The Morgan fingerprint density at radius 1 is 1.46 bits per heavy atom. The quantitative estimate of drug-likeness (QED) is 0.785. The molecule has 0 bridgehead atoms. The molecule has 0 aliphatic rings. The minimum absolute atomic E-state index is 0.268. The molecule has 1 rings (SSSR count). The van der Waals surface area contributed by atoms with Gasteiger partial charge in [0.25, 0.3) is 0 Å². The van der Waals surface area contributed by atoms with Crippen LogP contribution < -0.4 is 5.73 Å². The van der Waals surface area contributed by atoms with E-state index in [-0.39, 0.29) is 5.75 Å². The normalized spacial score (nSPS) is 10.4. The van der Waals surface area contributed by atoms with Gasteiger partial charge in [-0.2, -0.15) is 0 Å². The van der Waals surface area contributed by atoms with Crippen LogP contribution in [0, 0.1) is 6.92 Å². The van der Waals surface area contributed by atoms with Crippen LogP contribution in [-0.2, 0) is 6.42 Å². The number of halogens is 1. The lowest BCUT2D eigenvalue weighted by Crippen LogP contribution is -2.01. The van der Waals surface area contributed by atoms with E-state index in [2.05, 4.69) is 0 Å². The molecular formula is C10H14ClNO. The van der Waals surface area contributed by atoms with Gasteiger partial charge in [-0.25, -0.2) is 0 Å². The lowest BCUT2D eigenvalue weighted by atomic mass is 10.1. The van der Waals surface area contributed by atoms with Crippen LogP contribution in [0.3, 0.4) is 0 Å². The fraction of sp³-hybridized carbons (Fsp3) is 0.400. The molecule has 0 unspecified atom stereocenters. The summed E-state index contributed by atoms with van der Waals surface area (Å²) in [6.45, 7) is 2.54. The van der Waals surface area contributed by atoms with Crippen LogP contribution in [0.2, 0.25) is 5.02 Å². The molecule has 3 heteroatoms. The predicted molar refractivity (Wildman–Crippen MR) is 55.2 cm³/mol. The molecular weight excluding hydrogens is 186 g/mol. The first-order chi connectivity index (χ1) is 6.16. The molecule has 0 spiro atoms. The molecule has 0 amide bonds. The molecule has 0 saturated carbocycles. The van der Waals surface area contributed by atoms with E-state index >= 15 is 0 Å². The molecule has 0 atom stereocenters. The fourth-order valence-corrected chi connectivity index (χ4v) is 1.50. The maximum absolute atomic E-state index is 9.52. The molecule has 0 aromatic heterocycles. The summed E-state index contributed by atoms with van der Waals surface area (Å²) >= 11 is 6.03. The summed E-state index contributed by atoms with van der Waals surface area (Å²) in [5.74, 6) is 0.268. The van der Waals surface area contributed by atoms with Crippen LogP contribution in [-0.4, -0.2) is 11.7 Å². The van der Waals surface area contributed by atoms with Crippen molar-refractivity contribution in [3.05, 3.63) is 28.3 Å². The highest BCUT2D eigenvalue weighted by atomic mass is 35.5. The van der Waals surface area contributed by atoms with Crippen molar-refractivity contribution in [3.8, 4) is 5.75 Å². The van der Waals surface area contributed by atoms with Crippen molar-refractivity contribution in [3.63, 3.8) is 0 Å². The molecule has 0 aliphatic heterocycles. The molecule has 0 heterocycles. The summed E-state index contributed by atoms with van der Waals surface area (Å²) in [6.07, 6.45) is 1.58. The highest BCUT2D eigenvalue weighted by molar-refractivity contribution is 6.32. The minimum atomic E-state index is 0.268. The van der Waals surface area contributed by atoms with Gasteiger partial charge in [0.05, 0.1) is 5.02 Å². The second-order valence-electron chi connectivity index (χ2n) is 3.09. The van der Waals surface area contributed by atoms with Crippen LogP contribution in [0.4, 0.5) is 0 Å². The van der Waals surface area contributed by atoms with Gasteiger partial charge in [-0.15, -0.1) is 0 Å². The first kappa shape index (κ1) is 10.4. The van der Waals surface area contributed by atoms with Gasteiger partial charge in [0, 0.05) is 5.56 Å². The molecule has 0 fully saturated rings. The topological polar surface area (TPSA) is 46.2 Å². The van der Waals surface area contributed by atoms with Crippen molar-refractivity contribution in [2.24, 2.45) is 5.73 Å². The van der Waals surface area contributed by atoms with Crippen molar-refractivity contribution in [1.82, 2.24) is 0 Å². The molecule has 1 aromatic carbocycles. The number of hydrogen-bond donors (Lipinski definition) is 2. The van der Waals surface area contributed by atoms with E-state index in [4.69, 9.17) is 17.3 Å². The number of hydrogen-bond acceptors (Lipinski definition) is 2. The maximum atomic E-state index is 9.52. The number of aryl methyl sites for hydroxylation is 1. The largest absolute Gasteiger partial charge is 0.508 e. The van der Waals surface area contributed by atoms with Crippen LogP contribution in [0.25, 0.3) is 0 Å². The van der Waals surface area contributed by atoms with Gasteiger partial charge in [0.1, 0.15) is 5.75 Å². The first-order valence-corrected chi connectivity index (χ1v) is 4.71. The summed E-state index contributed by atoms with van der Waals surface area (Å²) in [6, 6.07) is 3.48. The predicted octanol–water partition coefficient (Wildman–Crippen LogP) is 2.25. The Balaban J connectivity index is 2.96. The Bertz CT molecular complexity index is 299. The van der Waals surface area contributed by atoms with Gasteiger partial charge in [0.2, 0.25) is 0 Å². The summed E-state index contributed by atoms with van der Waals surface area (Å²) < 4.78 is 0. The van der Waals surface area contributed by atoms with Gasteiger partial charge in [0.15, 0.2) is 0 Å². The van der Waals surface area contributed by atoms with Crippen LogP contribution >= 0.6 is 11.6 Å². The van der Waals surface area contributed by atoms with Gasteiger partial charge in [-0.05, 0) is 37.9 Å². The lowest BCUT2D eigenvalue weighted by molar-refractivity contribution is 0.467. The zero-order chi connectivity index (χ0) is 9.84. The monoisotopic (exact) mass is 199 g/mol. The lowest BCUT2D eigenvalue weighted by Gasteiger charge is -2.08. The van der Waals surface area contributed by atoms with Crippen LogP contribution in [0.1, 0.15) is 17.5 Å². The van der Waals surface area contributed by atoms with Crippen LogP contribution in [0.15, 0.2) is 12.1 Å². The van der Waals surface area contributed by atoms with Crippen molar-refractivity contribution in [2.75, 3.05) is 6.54 Å². The summed E-state index contributed by atoms with van der Waals surface area (Å²) in [5, 5.41) is 10.2. The Hall–Kier alpha value is -0.730. The van der Waals surface area contributed by atoms with Gasteiger partial charge >= 0.3 is 0 Å². The zero-order valence-corrected chi connectivity index (χ0v) is 8.43. The minimum Gasteiger partial charge on any atom is -0.508 e.